The Balaban J connectivity index is 1.53. The van der Waals surface area contributed by atoms with Crippen molar-refractivity contribution >= 4 is 11.7 Å². The first-order valence-electron chi connectivity index (χ1n) is 11.8. The van der Waals surface area contributed by atoms with E-state index in [4.69, 9.17) is 4.74 Å². The first-order valence-corrected chi connectivity index (χ1v) is 11.8. The van der Waals surface area contributed by atoms with Crippen LogP contribution in [0.4, 0.5) is 10.5 Å². The standard InChI is InChI=1S/C29H30N4O2/c1-31(2)24-15-13-22(14-16-24)28-27-12-7-17-32(27)26-11-5-4-9-23(26)20-33(28)29(34)30-19-21-8-6-10-25(18-21)35-3/h4-18,28H,19-20H2,1-3H3,(H,30,34). The predicted molar refractivity (Wildman–Crippen MR) is 139 cm³/mol. The van der Waals surface area contributed by atoms with Crippen molar-refractivity contribution in [1.29, 1.82) is 0 Å². The van der Waals surface area contributed by atoms with Crippen LogP contribution < -0.4 is 15.0 Å². The van der Waals surface area contributed by atoms with Gasteiger partial charge in [0.05, 0.1) is 25.4 Å². The fourth-order valence-corrected chi connectivity index (χ4v) is 4.71. The lowest BCUT2D eigenvalue weighted by Crippen LogP contribution is -2.41. The van der Waals surface area contributed by atoms with E-state index in [9.17, 15) is 4.79 Å². The van der Waals surface area contributed by atoms with E-state index in [1.54, 1.807) is 7.11 Å². The van der Waals surface area contributed by atoms with E-state index in [-0.39, 0.29) is 12.1 Å². The van der Waals surface area contributed by atoms with Crippen LogP contribution in [0.3, 0.4) is 0 Å². The Bertz CT molecular complexity index is 1330. The molecule has 178 valence electrons. The van der Waals surface area contributed by atoms with Gasteiger partial charge in [0.15, 0.2) is 0 Å². The highest BCUT2D eigenvalue weighted by Gasteiger charge is 2.32. The van der Waals surface area contributed by atoms with Gasteiger partial charge in [-0.15, -0.1) is 0 Å². The number of carbonyl (C=O) groups excluding carboxylic acids is 1. The Labute approximate surface area is 206 Å². The molecule has 1 aliphatic heterocycles. The van der Waals surface area contributed by atoms with Crippen LogP contribution in [0.15, 0.2) is 91.1 Å². The molecule has 1 N–H and O–H groups in total. The summed E-state index contributed by atoms with van der Waals surface area (Å²) in [6.45, 7) is 0.920. The number of urea groups is 1. The Morgan fingerprint density at radius 3 is 2.57 bits per heavy atom. The summed E-state index contributed by atoms with van der Waals surface area (Å²) in [5.74, 6) is 0.775. The van der Waals surface area contributed by atoms with Crippen LogP contribution in [-0.4, -0.2) is 36.7 Å². The number of hydrogen-bond acceptors (Lipinski definition) is 3. The van der Waals surface area contributed by atoms with E-state index in [1.165, 1.54) is 0 Å². The molecule has 1 aromatic heterocycles. The molecule has 2 amide bonds. The van der Waals surface area contributed by atoms with Gasteiger partial charge >= 0.3 is 6.03 Å². The molecular formula is C29H30N4O2. The molecule has 1 unspecified atom stereocenters. The van der Waals surface area contributed by atoms with E-state index in [2.05, 4.69) is 63.4 Å². The Hall–Kier alpha value is -4.19. The number of ether oxygens (including phenoxy) is 1. The quantitative estimate of drug-likeness (QED) is 0.430. The molecule has 6 heteroatoms. The lowest BCUT2D eigenvalue weighted by molar-refractivity contribution is 0.180. The minimum atomic E-state index is -0.237. The second kappa shape index (κ2) is 9.58. The van der Waals surface area contributed by atoms with Crippen molar-refractivity contribution in [3.05, 3.63) is 114 Å². The summed E-state index contributed by atoms with van der Waals surface area (Å²) in [6, 6.07) is 28.3. The molecular weight excluding hydrogens is 436 g/mol. The Kier molecular flexibility index (Phi) is 6.19. The number of benzene rings is 3. The number of rotatable bonds is 5. The first-order chi connectivity index (χ1) is 17.0. The fraction of sp³-hybridized carbons (Fsp3) is 0.207. The number of fused-ring (bicyclic) bond motifs is 3. The van der Waals surface area contributed by atoms with Crippen molar-refractivity contribution in [2.75, 3.05) is 26.1 Å². The van der Waals surface area contributed by atoms with Crippen molar-refractivity contribution in [2.24, 2.45) is 0 Å². The summed E-state index contributed by atoms with van der Waals surface area (Å²) < 4.78 is 7.54. The predicted octanol–water partition coefficient (Wildman–Crippen LogP) is 5.37. The van der Waals surface area contributed by atoms with Crippen molar-refractivity contribution in [1.82, 2.24) is 14.8 Å². The normalized spacial score (nSPS) is 14.5. The van der Waals surface area contributed by atoms with Crippen molar-refractivity contribution < 1.29 is 9.53 Å². The molecule has 0 bridgehead atoms. The molecule has 4 aromatic rings. The zero-order valence-electron chi connectivity index (χ0n) is 20.3. The van der Waals surface area contributed by atoms with Crippen molar-refractivity contribution in [2.45, 2.75) is 19.1 Å². The molecule has 35 heavy (non-hydrogen) atoms. The summed E-state index contributed by atoms with van der Waals surface area (Å²) in [4.78, 5) is 17.8. The van der Waals surface area contributed by atoms with Crippen LogP contribution in [0.2, 0.25) is 0 Å². The SMILES string of the molecule is COc1cccc(CNC(=O)N2Cc3ccccc3-n3cccc3C2c2ccc(N(C)C)cc2)c1. The van der Waals surface area contributed by atoms with E-state index in [1.807, 2.05) is 61.5 Å². The highest BCUT2D eigenvalue weighted by Crippen LogP contribution is 2.37. The fourth-order valence-electron chi connectivity index (χ4n) is 4.71. The number of nitrogens with one attached hydrogen (secondary N) is 1. The number of nitrogens with zero attached hydrogens (tertiary/aromatic N) is 3. The number of anilines is 1. The van der Waals surface area contributed by atoms with Gasteiger partial charge in [0.1, 0.15) is 5.75 Å². The van der Waals surface area contributed by atoms with Gasteiger partial charge in [-0.25, -0.2) is 4.79 Å². The zero-order chi connectivity index (χ0) is 24.4. The van der Waals surface area contributed by atoms with Crippen LogP contribution in [0.5, 0.6) is 5.75 Å². The number of para-hydroxylation sites is 1. The molecule has 0 fully saturated rings. The third-order valence-electron chi connectivity index (χ3n) is 6.53. The molecule has 6 nitrogen and oxygen atoms in total. The van der Waals surface area contributed by atoms with E-state index >= 15 is 0 Å². The lowest BCUT2D eigenvalue weighted by Gasteiger charge is -2.31. The molecule has 1 aliphatic rings. The Morgan fingerprint density at radius 1 is 1.00 bits per heavy atom. The first kappa shape index (κ1) is 22.6. The number of hydrogen-bond donors (Lipinski definition) is 1. The molecule has 1 atom stereocenters. The summed E-state index contributed by atoms with van der Waals surface area (Å²) in [7, 11) is 5.70. The minimum Gasteiger partial charge on any atom is -0.497 e. The van der Waals surface area contributed by atoms with E-state index in [0.717, 1.165) is 39.5 Å². The second-order valence-electron chi connectivity index (χ2n) is 8.96. The van der Waals surface area contributed by atoms with Gasteiger partial charge < -0.3 is 24.4 Å². The van der Waals surface area contributed by atoms with Gasteiger partial charge in [-0.2, -0.15) is 0 Å². The molecule has 3 aromatic carbocycles. The average molecular weight is 467 g/mol. The minimum absolute atomic E-state index is 0.112. The third-order valence-corrected chi connectivity index (χ3v) is 6.53. The van der Waals surface area contributed by atoms with Gasteiger partial charge in [-0.05, 0) is 59.2 Å². The van der Waals surface area contributed by atoms with Gasteiger partial charge in [0, 0.05) is 38.2 Å². The maximum Gasteiger partial charge on any atom is 0.318 e. The van der Waals surface area contributed by atoms with Gasteiger partial charge in [0.2, 0.25) is 0 Å². The second-order valence-corrected chi connectivity index (χ2v) is 8.96. The summed E-state index contributed by atoms with van der Waals surface area (Å²) in [6.07, 6.45) is 2.08. The molecule has 0 radical (unpaired) electrons. The van der Waals surface area contributed by atoms with Gasteiger partial charge in [-0.3, -0.25) is 0 Å². The topological polar surface area (TPSA) is 49.7 Å². The highest BCUT2D eigenvalue weighted by molar-refractivity contribution is 5.76. The Morgan fingerprint density at radius 2 is 1.80 bits per heavy atom. The monoisotopic (exact) mass is 466 g/mol. The summed E-state index contributed by atoms with van der Waals surface area (Å²) in [5.41, 5.74) is 6.45. The third kappa shape index (κ3) is 4.47. The van der Waals surface area contributed by atoms with Crippen molar-refractivity contribution in [3.8, 4) is 11.4 Å². The largest absolute Gasteiger partial charge is 0.497 e. The number of aromatic nitrogens is 1. The maximum absolute atomic E-state index is 13.7. The lowest BCUT2D eigenvalue weighted by atomic mass is 10.0. The van der Waals surface area contributed by atoms with E-state index < -0.39 is 0 Å². The van der Waals surface area contributed by atoms with Gasteiger partial charge in [0.25, 0.3) is 0 Å². The number of carbonyl (C=O) groups is 1. The molecule has 0 saturated carbocycles. The average Bonchev–Trinajstić information content (AvgIpc) is 3.31. The molecule has 2 heterocycles. The van der Waals surface area contributed by atoms with Crippen LogP contribution >= 0.6 is 0 Å². The van der Waals surface area contributed by atoms with Crippen LogP contribution in [0, 0.1) is 0 Å². The summed E-state index contributed by atoms with van der Waals surface area (Å²) >= 11 is 0. The summed E-state index contributed by atoms with van der Waals surface area (Å²) in [5, 5.41) is 3.14. The molecule has 0 aliphatic carbocycles. The number of amides is 2. The smallest absolute Gasteiger partial charge is 0.318 e. The molecule has 0 saturated heterocycles. The maximum atomic E-state index is 13.7. The van der Waals surface area contributed by atoms with Gasteiger partial charge in [-0.1, -0.05) is 42.5 Å². The van der Waals surface area contributed by atoms with Crippen LogP contribution in [0.1, 0.15) is 28.4 Å². The number of methoxy groups -OCH3 is 1. The highest BCUT2D eigenvalue weighted by atomic mass is 16.5. The zero-order valence-corrected chi connectivity index (χ0v) is 20.3. The molecule has 0 spiro atoms. The molecule has 5 rings (SSSR count). The van der Waals surface area contributed by atoms with Crippen molar-refractivity contribution in [3.63, 3.8) is 0 Å². The van der Waals surface area contributed by atoms with Crippen LogP contribution in [0.25, 0.3) is 5.69 Å². The van der Waals surface area contributed by atoms with E-state index in [0.29, 0.717) is 13.1 Å². The van der Waals surface area contributed by atoms with Crippen LogP contribution in [-0.2, 0) is 13.1 Å².